The maximum Gasteiger partial charge on any atom is 0.117 e. The van der Waals surface area contributed by atoms with Crippen molar-refractivity contribution in [3.8, 4) is 0 Å². The smallest absolute Gasteiger partial charge is 0.117 e. The molecule has 0 N–H and O–H groups in total. The Labute approximate surface area is 44.3 Å². The molecule has 1 rings (SSSR count). The molecule has 0 unspecified atom stereocenters. The van der Waals surface area contributed by atoms with Crippen molar-refractivity contribution < 1.29 is 8.40 Å². The zero-order valence-corrected chi connectivity index (χ0v) is 3.58. The van der Waals surface area contributed by atoms with Crippen LogP contribution in [0.25, 0.3) is 0 Å². The van der Waals surface area contributed by atoms with Gasteiger partial charge in [0, 0.05) is 5.38 Å². The molecule has 0 atom stereocenters. The van der Waals surface area contributed by atoms with Gasteiger partial charge in [0.05, 0.1) is 10.3 Å². The summed E-state index contributed by atoms with van der Waals surface area (Å²) in [6.07, 6.45) is -0.293. The van der Waals surface area contributed by atoms with Crippen molar-refractivity contribution in [1.29, 1.82) is 0 Å². The quantitative estimate of drug-likeness (QED) is 0.430. The van der Waals surface area contributed by atoms with Crippen LogP contribution in [0.2, 0.25) is 0 Å². The zero-order chi connectivity index (χ0) is 6.85. The first-order chi connectivity index (χ1) is 4.22. The SMILES string of the molecule is [2H]C1=NOSC([2H])=C1[2H]. The van der Waals surface area contributed by atoms with Crippen molar-refractivity contribution in [3.05, 3.63) is 11.4 Å². The molecule has 0 saturated heterocycles. The van der Waals surface area contributed by atoms with Gasteiger partial charge in [0.25, 0.3) is 0 Å². The van der Waals surface area contributed by atoms with Gasteiger partial charge in [-0.05, 0) is 6.05 Å². The van der Waals surface area contributed by atoms with E-state index in [0.717, 1.165) is 0 Å². The van der Waals surface area contributed by atoms with Gasteiger partial charge >= 0.3 is 0 Å². The lowest BCUT2D eigenvalue weighted by Gasteiger charge is -1.89. The topological polar surface area (TPSA) is 21.6 Å². The number of nitrogens with zero attached hydrogens (tertiary/aromatic N) is 1. The molecule has 0 saturated carbocycles. The van der Waals surface area contributed by atoms with Gasteiger partial charge in [0.1, 0.15) is 12.0 Å². The Balaban J connectivity index is 2.88. The van der Waals surface area contributed by atoms with E-state index in [4.69, 9.17) is 4.11 Å². The van der Waals surface area contributed by atoms with E-state index >= 15 is 0 Å². The maximum atomic E-state index is 6.96. The summed E-state index contributed by atoms with van der Waals surface area (Å²) in [6.45, 7) is 0. The van der Waals surface area contributed by atoms with E-state index in [1.165, 1.54) is 0 Å². The summed E-state index contributed by atoms with van der Waals surface area (Å²) < 4.78 is 25.1. The first kappa shape index (κ1) is 1.58. The van der Waals surface area contributed by atoms with Gasteiger partial charge < -0.3 is 4.28 Å². The fraction of sp³-hybridized carbons (Fsp3) is 0. The predicted octanol–water partition coefficient (Wildman–Crippen LogP) is 1.16. The maximum absolute atomic E-state index is 6.96. The molecule has 1 aliphatic heterocycles. The van der Waals surface area contributed by atoms with Gasteiger partial charge in [-0.3, -0.25) is 0 Å². The van der Waals surface area contributed by atoms with Crippen LogP contribution >= 0.6 is 12.0 Å². The van der Waals surface area contributed by atoms with Gasteiger partial charge in [0.2, 0.25) is 0 Å². The summed E-state index contributed by atoms with van der Waals surface area (Å²) in [7, 11) is 0. The first-order valence-electron chi connectivity index (χ1n) is 2.78. The van der Waals surface area contributed by atoms with Gasteiger partial charge in [-0.2, -0.15) is 0 Å². The van der Waals surface area contributed by atoms with Crippen molar-refractivity contribution in [3.63, 3.8) is 0 Å². The molecule has 1 heterocycles. The second-order valence-corrected chi connectivity index (χ2v) is 1.11. The molecule has 6 heavy (non-hydrogen) atoms. The second-order valence-electron chi connectivity index (χ2n) is 0.588. The third-order valence-corrected chi connectivity index (χ3v) is 0.603. The molecule has 0 bridgehead atoms. The van der Waals surface area contributed by atoms with E-state index in [2.05, 4.69) is 9.44 Å². The predicted molar refractivity (Wildman–Crippen MR) is 26.3 cm³/mol. The van der Waals surface area contributed by atoms with E-state index < -0.39 is 0 Å². The molecule has 1 aliphatic rings. The minimum Gasteiger partial charge on any atom is -0.318 e. The summed E-state index contributed by atoms with van der Waals surface area (Å²) >= 11 is 0.681. The van der Waals surface area contributed by atoms with Crippen LogP contribution in [-0.2, 0) is 4.28 Å². The van der Waals surface area contributed by atoms with Crippen molar-refractivity contribution in [2.24, 2.45) is 5.16 Å². The molecule has 0 aromatic heterocycles. The molecular formula is C3H3NOS. The lowest BCUT2D eigenvalue weighted by molar-refractivity contribution is 0.411. The Morgan fingerprint density at radius 2 is 3.00 bits per heavy atom. The molecule has 0 radical (unpaired) electrons. The molecule has 0 amide bonds. The normalized spacial score (nSPS) is 29.3. The van der Waals surface area contributed by atoms with Crippen LogP contribution in [0.4, 0.5) is 0 Å². The monoisotopic (exact) mass is 104 g/mol. The summed E-state index contributed by atoms with van der Waals surface area (Å²) in [5.41, 5.74) is 0. The van der Waals surface area contributed by atoms with Crippen molar-refractivity contribution in [2.75, 3.05) is 0 Å². The van der Waals surface area contributed by atoms with Crippen molar-refractivity contribution >= 4 is 18.2 Å². The summed E-state index contributed by atoms with van der Waals surface area (Å²) in [5, 5.41) is 3.07. The van der Waals surface area contributed by atoms with E-state index in [0.29, 0.717) is 12.0 Å². The van der Waals surface area contributed by atoms with Gasteiger partial charge in [-0.25, -0.2) is 0 Å². The van der Waals surface area contributed by atoms with Gasteiger partial charge in [-0.15, -0.1) is 0 Å². The third-order valence-electron chi connectivity index (χ3n) is 0.269. The van der Waals surface area contributed by atoms with E-state index in [1.54, 1.807) is 0 Å². The van der Waals surface area contributed by atoms with Crippen LogP contribution in [0, 0.1) is 0 Å². The Morgan fingerprint density at radius 1 is 2.00 bits per heavy atom. The molecule has 32 valence electrons. The Hall–Kier alpha value is -0.440. The summed E-state index contributed by atoms with van der Waals surface area (Å²) in [4.78, 5) is 0. The fourth-order valence-corrected chi connectivity index (χ4v) is 0.321. The van der Waals surface area contributed by atoms with E-state index in [1.807, 2.05) is 0 Å². The molecule has 2 nitrogen and oxygen atoms in total. The third kappa shape index (κ3) is 0.755. The van der Waals surface area contributed by atoms with Crippen LogP contribution in [0.5, 0.6) is 0 Å². The standard InChI is InChI=1S/C3H3NOS/c1-2-4-5-6-3-1/h1-3H/i1D,2D,3D. The van der Waals surface area contributed by atoms with Crippen LogP contribution in [0.3, 0.4) is 0 Å². The molecular weight excluding hydrogens is 98.1 g/mol. The highest BCUT2D eigenvalue weighted by molar-refractivity contribution is 7.97. The van der Waals surface area contributed by atoms with Gasteiger partial charge in [0.15, 0.2) is 0 Å². The number of rotatable bonds is 0. The number of allylic oxidation sites excluding steroid dienone is 1. The zero-order valence-electron chi connectivity index (χ0n) is 5.76. The Morgan fingerprint density at radius 3 is 3.67 bits per heavy atom. The molecule has 0 spiro atoms. The largest absolute Gasteiger partial charge is 0.318 e. The Kier molecular flexibility index (Phi) is 0.492. The van der Waals surface area contributed by atoms with Crippen molar-refractivity contribution in [1.82, 2.24) is 0 Å². The minimum atomic E-state index is -0.293. The van der Waals surface area contributed by atoms with E-state index in [-0.39, 0.29) is 17.6 Å². The average Bonchev–Trinajstić information content (AvgIpc) is 1.83. The highest BCUT2D eigenvalue weighted by atomic mass is 32.2. The minimum absolute atomic E-state index is 0.0741. The summed E-state index contributed by atoms with van der Waals surface area (Å²) in [6, 6.07) is -0.189. The average molecular weight is 104 g/mol. The number of hydrogen-bond donors (Lipinski definition) is 0. The fourth-order valence-electron chi connectivity index (χ4n) is 0.122. The highest BCUT2D eigenvalue weighted by Crippen LogP contribution is 2.05. The van der Waals surface area contributed by atoms with E-state index in [9.17, 15) is 0 Å². The number of oxime groups is 1. The molecule has 0 aromatic rings. The van der Waals surface area contributed by atoms with Crippen LogP contribution in [-0.4, -0.2) is 6.19 Å². The van der Waals surface area contributed by atoms with Gasteiger partial charge in [-0.1, -0.05) is 5.16 Å². The lowest BCUT2D eigenvalue weighted by atomic mass is 10.7. The molecule has 0 aliphatic carbocycles. The number of hydrogen-bond acceptors (Lipinski definition) is 3. The molecule has 0 fully saturated rings. The highest BCUT2D eigenvalue weighted by Gasteiger charge is 1.79. The Bertz CT molecular complexity index is 189. The molecule has 3 heteroatoms. The second kappa shape index (κ2) is 1.87. The lowest BCUT2D eigenvalue weighted by Crippen LogP contribution is -1.70. The summed E-state index contributed by atoms with van der Waals surface area (Å²) in [5.74, 6) is 0. The van der Waals surface area contributed by atoms with Crippen LogP contribution in [0.1, 0.15) is 4.11 Å². The molecule has 0 aromatic carbocycles. The van der Waals surface area contributed by atoms with Crippen molar-refractivity contribution in [2.45, 2.75) is 0 Å². The van der Waals surface area contributed by atoms with Crippen LogP contribution in [0.15, 0.2) is 16.6 Å². The first-order valence-corrected chi connectivity index (χ1v) is 2.02. The van der Waals surface area contributed by atoms with Crippen LogP contribution < -0.4 is 0 Å².